The van der Waals surface area contributed by atoms with E-state index in [1.807, 2.05) is 0 Å². The standard InChI is InChI=1S/C15H21N3O3S/c19-15(17-13-4-2-8-16-10-13)11-3-1-5-14(9-11)22(20,21)18-12-6-7-12/h1,3,5,9,12-13,16,18H,2,4,6-8,10H2,(H,17,19). The fourth-order valence-corrected chi connectivity index (χ4v) is 3.89. The topological polar surface area (TPSA) is 87.3 Å². The number of rotatable bonds is 5. The summed E-state index contributed by atoms with van der Waals surface area (Å²) in [6.07, 6.45) is 3.74. The molecular weight excluding hydrogens is 302 g/mol. The number of piperidine rings is 1. The predicted octanol–water partition coefficient (Wildman–Crippen LogP) is 0.609. The highest BCUT2D eigenvalue weighted by Gasteiger charge is 2.28. The molecule has 1 aromatic carbocycles. The number of amides is 1. The highest BCUT2D eigenvalue weighted by Crippen LogP contribution is 2.22. The summed E-state index contributed by atoms with van der Waals surface area (Å²) in [6, 6.07) is 6.36. The van der Waals surface area contributed by atoms with Crippen molar-refractivity contribution in [2.75, 3.05) is 13.1 Å². The first kappa shape index (κ1) is 15.5. The van der Waals surface area contributed by atoms with Gasteiger partial charge in [-0.25, -0.2) is 13.1 Å². The zero-order valence-electron chi connectivity index (χ0n) is 12.3. The summed E-state index contributed by atoms with van der Waals surface area (Å²) in [7, 11) is -3.53. The Morgan fingerprint density at radius 3 is 2.68 bits per heavy atom. The van der Waals surface area contributed by atoms with Gasteiger partial charge in [0.25, 0.3) is 5.91 Å². The molecule has 1 unspecified atom stereocenters. The van der Waals surface area contributed by atoms with E-state index in [9.17, 15) is 13.2 Å². The van der Waals surface area contributed by atoms with Crippen LogP contribution >= 0.6 is 0 Å². The second-order valence-corrected chi connectivity index (χ2v) is 7.65. The highest BCUT2D eigenvalue weighted by molar-refractivity contribution is 7.89. The molecule has 1 aliphatic carbocycles. The molecule has 0 spiro atoms. The van der Waals surface area contributed by atoms with Crippen LogP contribution in [0.3, 0.4) is 0 Å². The smallest absolute Gasteiger partial charge is 0.251 e. The quantitative estimate of drug-likeness (QED) is 0.741. The van der Waals surface area contributed by atoms with Gasteiger partial charge in [-0.1, -0.05) is 6.07 Å². The molecule has 1 saturated heterocycles. The van der Waals surface area contributed by atoms with Crippen LogP contribution in [0.2, 0.25) is 0 Å². The van der Waals surface area contributed by atoms with Crippen molar-refractivity contribution < 1.29 is 13.2 Å². The van der Waals surface area contributed by atoms with Crippen LogP contribution in [0.25, 0.3) is 0 Å². The van der Waals surface area contributed by atoms with Crippen molar-refractivity contribution in [2.45, 2.75) is 42.7 Å². The minimum atomic E-state index is -3.53. The third-order valence-electron chi connectivity index (χ3n) is 3.94. The van der Waals surface area contributed by atoms with Crippen LogP contribution in [0.15, 0.2) is 29.2 Å². The second-order valence-electron chi connectivity index (χ2n) is 5.94. The summed E-state index contributed by atoms with van der Waals surface area (Å²) in [5, 5.41) is 6.19. The van der Waals surface area contributed by atoms with Crippen molar-refractivity contribution in [3.63, 3.8) is 0 Å². The molecule has 1 saturated carbocycles. The van der Waals surface area contributed by atoms with E-state index < -0.39 is 10.0 Å². The Bertz CT molecular complexity index is 650. The molecule has 120 valence electrons. The predicted molar refractivity (Wildman–Crippen MR) is 83.1 cm³/mol. The van der Waals surface area contributed by atoms with E-state index in [4.69, 9.17) is 0 Å². The summed E-state index contributed by atoms with van der Waals surface area (Å²) < 4.78 is 27.0. The maximum atomic E-state index is 12.3. The lowest BCUT2D eigenvalue weighted by molar-refractivity contribution is 0.0930. The van der Waals surface area contributed by atoms with Crippen molar-refractivity contribution in [1.82, 2.24) is 15.4 Å². The zero-order chi connectivity index (χ0) is 15.6. The molecule has 0 aromatic heterocycles. The zero-order valence-corrected chi connectivity index (χ0v) is 13.2. The van der Waals surface area contributed by atoms with Crippen LogP contribution in [0.1, 0.15) is 36.0 Å². The third-order valence-corrected chi connectivity index (χ3v) is 5.46. The van der Waals surface area contributed by atoms with Gasteiger partial charge in [-0.05, 0) is 50.4 Å². The largest absolute Gasteiger partial charge is 0.348 e. The third kappa shape index (κ3) is 3.85. The van der Waals surface area contributed by atoms with Crippen molar-refractivity contribution in [2.24, 2.45) is 0 Å². The lowest BCUT2D eigenvalue weighted by Gasteiger charge is -2.23. The van der Waals surface area contributed by atoms with Crippen molar-refractivity contribution >= 4 is 15.9 Å². The first-order valence-corrected chi connectivity index (χ1v) is 9.17. The number of benzene rings is 1. The van der Waals surface area contributed by atoms with E-state index >= 15 is 0 Å². The van der Waals surface area contributed by atoms with Gasteiger partial charge < -0.3 is 10.6 Å². The van der Waals surface area contributed by atoms with Gasteiger partial charge in [-0.3, -0.25) is 4.79 Å². The maximum absolute atomic E-state index is 12.3. The fourth-order valence-electron chi connectivity index (χ4n) is 2.54. The molecule has 1 heterocycles. The molecule has 0 bridgehead atoms. The lowest BCUT2D eigenvalue weighted by Crippen LogP contribution is -2.45. The van der Waals surface area contributed by atoms with E-state index in [0.29, 0.717) is 5.56 Å². The van der Waals surface area contributed by atoms with Gasteiger partial charge in [0, 0.05) is 24.2 Å². The summed E-state index contributed by atoms with van der Waals surface area (Å²) in [4.78, 5) is 12.4. The lowest BCUT2D eigenvalue weighted by atomic mass is 10.1. The summed E-state index contributed by atoms with van der Waals surface area (Å²) in [5.74, 6) is -0.225. The van der Waals surface area contributed by atoms with Gasteiger partial charge in [0.1, 0.15) is 0 Å². The minimum Gasteiger partial charge on any atom is -0.348 e. The number of hydrogen-bond acceptors (Lipinski definition) is 4. The molecule has 1 amide bonds. The van der Waals surface area contributed by atoms with Gasteiger partial charge in [0.2, 0.25) is 10.0 Å². The molecule has 3 rings (SSSR count). The molecular formula is C15H21N3O3S. The maximum Gasteiger partial charge on any atom is 0.251 e. The van der Waals surface area contributed by atoms with E-state index in [-0.39, 0.29) is 22.9 Å². The first-order chi connectivity index (χ1) is 10.5. The highest BCUT2D eigenvalue weighted by atomic mass is 32.2. The fraction of sp³-hybridized carbons (Fsp3) is 0.533. The molecule has 1 aromatic rings. The van der Waals surface area contributed by atoms with E-state index in [1.54, 1.807) is 12.1 Å². The molecule has 1 aliphatic heterocycles. The number of sulfonamides is 1. The monoisotopic (exact) mass is 323 g/mol. The van der Waals surface area contributed by atoms with Gasteiger partial charge in [0.05, 0.1) is 4.90 Å². The second kappa shape index (κ2) is 6.36. The number of nitrogens with one attached hydrogen (secondary N) is 3. The van der Waals surface area contributed by atoms with Crippen LogP contribution in [-0.4, -0.2) is 39.5 Å². The normalized spacial score (nSPS) is 22.3. The molecule has 22 heavy (non-hydrogen) atoms. The molecule has 2 aliphatic rings. The number of carbonyl (C=O) groups excluding carboxylic acids is 1. The van der Waals surface area contributed by atoms with E-state index in [1.165, 1.54) is 12.1 Å². The Morgan fingerprint density at radius 2 is 2.00 bits per heavy atom. The SMILES string of the molecule is O=C(NC1CCCNC1)c1cccc(S(=O)(=O)NC2CC2)c1. The van der Waals surface area contributed by atoms with Crippen molar-refractivity contribution in [3.8, 4) is 0 Å². The molecule has 3 N–H and O–H groups in total. The van der Waals surface area contributed by atoms with E-state index in [2.05, 4.69) is 15.4 Å². The molecule has 2 fully saturated rings. The van der Waals surface area contributed by atoms with Crippen LogP contribution in [0.5, 0.6) is 0 Å². The molecule has 6 nitrogen and oxygen atoms in total. The Kier molecular flexibility index (Phi) is 4.46. The molecule has 0 radical (unpaired) electrons. The van der Waals surface area contributed by atoms with Crippen LogP contribution in [-0.2, 0) is 10.0 Å². The minimum absolute atomic E-state index is 0.0517. The molecule has 1 atom stereocenters. The summed E-state index contributed by atoms with van der Waals surface area (Å²) >= 11 is 0. The summed E-state index contributed by atoms with van der Waals surface area (Å²) in [6.45, 7) is 1.74. The summed E-state index contributed by atoms with van der Waals surface area (Å²) in [5.41, 5.74) is 0.379. The number of hydrogen-bond donors (Lipinski definition) is 3. The van der Waals surface area contributed by atoms with Crippen molar-refractivity contribution in [1.29, 1.82) is 0 Å². The molecule has 7 heteroatoms. The van der Waals surface area contributed by atoms with Gasteiger partial charge in [-0.15, -0.1) is 0 Å². The Balaban J connectivity index is 1.71. The number of carbonyl (C=O) groups is 1. The Labute approximate surface area is 130 Å². The Hall–Kier alpha value is -1.44. The van der Waals surface area contributed by atoms with Crippen LogP contribution in [0.4, 0.5) is 0 Å². The van der Waals surface area contributed by atoms with Crippen LogP contribution < -0.4 is 15.4 Å². The van der Waals surface area contributed by atoms with Gasteiger partial charge in [-0.2, -0.15) is 0 Å². The van der Waals surface area contributed by atoms with Crippen molar-refractivity contribution in [3.05, 3.63) is 29.8 Å². The first-order valence-electron chi connectivity index (χ1n) is 7.68. The van der Waals surface area contributed by atoms with Crippen LogP contribution in [0, 0.1) is 0 Å². The van der Waals surface area contributed by atoms with E-state index in [0.717, 1.165) is 38.8 Å². The Morgan fingerprint density at radius 1 is 1.18 bits per heavy atom. The van der Waals surface area contributed by atoms with Gasteiger partial charge in [0.15, 0.2) is 0 Å². The average molecular weight is 323 g/mol. The average Bonchev–Trinajstić information content (AvgIpc) is 3.32. The van der Waals surface area contributed by atoms with Gasteiger partial charge >= 0.3 is 0 Å².